The molecule has 88 valence electrons. The third-order valence-corrected chi connectivity index (χ3v) is 2.75. The summed E-state index contributed by atoms with van der Waals surface area (Å²) in [6.45, 7) is 1.64. The second-order valence-electron chi connectivity index (χ2n) is 4.04. The summed E-state index contributed by atoms with van der Waals surface area (Å²) < 4.78 is 5.56. The highest BCUT2D eigenvalue weighted by molar-refractivity contribution is 5.34. The number of anilines is 1. The fourth-order valence-electron chi connectivity index (χ4n) is 1.81. The predicted octanol–water partition coefficient (Wildman–Crippen LogP) is 0.584. The second kappa shape index (κ2) is 5.23. The summed E-state index contributed by atoms with van der Waals surface area (Å²) in [5.41, 5.74) is 0.592. The van der Waals surface area contributed by atoms with Crippen LogP contribution in [-0.4, -0.2) is 41.4 Å². The maximum absolute atomic E-state index is 8.86. The smallest absolute Gasteiger partial charge is 0.146 e. The molecule has 1 atom stereocenters. The Labute approximate surface area is 95.1 Å². The topological polar surface area (TPSA) is 58.5 Å². The zero-order chi connectivity index (χ0) is 11.4. The van der Waals surface area contributed by atoms with E-state index in [4.69, 9.17) is 9.84 Å². The van der Waals surface area contributed by atoms with Crippen LogP contribution in [0.15, 0.2) is 12.4 Å². The lowest BCUT2D eigenvalue weighted by Gasteiger charge is -2.21. The van der Waals surface area contributed by atoms with E-state index in [2.05, 4.69) is 9.97 Å². The highest BCUT2D eigenvalue weighted by Gasteiger charge is 2.18. The average Bonchev–Trinajstić information content (AvgIpc) is 2.82. The molecule has 1 unspecified atom stereocenters. The lowest BCUT2D eigenvalue weighted by molar-refractivity contribution is 0.116. The fraction of sp³-hybridized carbons (Fsp3) is 0.636. The van der Waals surface area contributed by atoms with Gasteiger partial charge in [-0.05, 0) is 12.8 Å². The molecule has 0 bridgehead atoms. The first-order valence-corrected chi connectivity index (χ1v) is 5.54. The largest absolute Gasteiger partial charge is 0.390 e. The maximum Gasteiger partial charge on any atom is 0.146 e. The third kappa shape index (κ3) is 2.68. The van der Waals surface area contributed by atoms with Crippen molar-refractivity contribution in [3.8, 4) is 0 Å². The van der Waals surface area contributed by atoms with Crippen molar-refractivity contribution in [3.63, 3.8) is 0 Å². The predicted molar refractivity (Wildman–Crippen MR) is 60.2 cm³/mol. The van der Waals surface area contributed by atoms with Gasteiger partial charge in [-0.3, -0.25) is 4.98 Å². The van der Waals surface area contributed by atoms with E-state index in [0.717, 1.165) is 31.8 Å². The molecule has 1 saturated heterocycles. The molecule has 0 aromatic carbocycles. The molecular formula is C11H17N3O2. The zero-order valence-electron chi connectivity index (χ0n) is 9.46. The Morgan fingerprint density at radius 3 is 2.94 bits per heavy atom. The van der Waals surface area contributed by atoms with Gasteiger partial charge in [0.15, 0.2) is 0 Å². The van der Waals surface area contributed by atoms with Gasteiger partial charge in [0.05, 0.1) is 30.8 Å². The Bertz CT molecular complexity index is 323. The van der Waals surface area contributed by atoms with Gasteiger partial charge in [0.2, 0.25) is 0 Å². The highest BCUT2D eigenvalue weighted by atomic mass is 16.5. The van der Waals surface area contributed by atoms with Crippen molar-refractivity contribution in [1.82, 2.24) is 9.97 Å². The molecule has 1 aliphatic rings. The minimum Gasteiger partial charge on any atom is -0.390 e. The van der Waals surface area contributed by atoms with Crippen LogP contribution in [0.5, 0.6) is 0 Å². The van der Waals surface area contributed by atoms with Crippen molar-refractivity contribution < 1.29 is 9.84 Å². The molecule has 16 heavy (non-hydrogen) atoms. The normalized spacial score (nSPS) is 20.0. The summed E-state index contributed by atoms with van der Waals surface area (Å²) >= 11 is 0. The molecule has 0 aliphatic carbocycles. The SMILES string of the molecule is CN(CC1CCCO1)c1cnc(CO)cn1. The van der Waals surface area contributed by atoms with Gasteiger partial charge in [0.25, 0.3) is 0 Å². The van der Waals surface area contributed by atoms with Gasteiger partial charge in [0.1, 0.15) is 5.82 Å². The average molecular weight is 223 g/mol. The summed E-state index contributed by atoms with van der Waals surface area (Å²) in [5, 5.41) is 8.86. The summed E-state index contributed by atoms with van der Waals surface area (Å²) in [6, 6.07) is 0. The van der Waals surface area contributed by atoms with E-state index in [-0.39, 0.29) is 6.61 Å². The Morgan fingerprint density at radius 2 is 2.38 bits per heavy atom. The van der Waals surface area contributed by atoms with E-state index in [1.807, 2.05) is 11.9 Å². The number of aliphatic hydroxyl groups is 1. The van der Waals surface area contributed by atoms with Crippen molar-refractivity contribution in [2.24, 2.45) is 0 Å². The number of aliphatic hydroxyl groups excluding tert-OH is 1. The van der Waals surface area contributed by atoms with E-state index >= 15 is 0 Å². The monoisotopic (exact) mass is 223 g/mol. The van der Waals surface area contributed by atoms with E-state index in [1.165, 1.54) is 0 Å². The molecule has 2 heterocycles. The lowest BCUT2D eigenvalue weighted by atomic mass is 10.2. The van der Waals surface area contributed by atoms with Gasteiger partial charge in [-0.1, -0.05) is 0 Å². The number of aromatic nitrogens is 2. The molecule has 2 rings (SSSR count). The van der Waals surface area contributed by atoms with Gasteiger partial charge in [-0.25, -0.2) is 4.98 Å². The van der Waals surface area contributed by atoms with Gasteiger partial charge < -0.3 is 14.7 Å². The minimum atomic E-state index is -0.0667. The Morgan fingerprint density at radius 1 is 1.50 bits per heavy atom. The van der Waals surface area contributed by atoms with Crippen LogP contribution in [0.1, 0.15) is 18.5 Å². The van der Waals surface area contributed by atoms with E-state index in [1.54, 1.807) is 12.4 Å². The third-order valence-electron chi connectivity index (χ3n) is 2.75. The number of rotatable bonds is 4. The summed E-state index contributed by atoms with van der Waals surface area (Å²) in [4.78, 5) is 10.4. The molecule has 1 aromatic rings. The number of hydrogen-bond acceptors (Lipinski definition) is 5. The first-order valence-electron chi connectivity index (χ1n) is 5.54. The van der Waals surface area contributed by atoms with Crippen LogP contribution >= 0.6 is 0 Å². The van der Waals surface area contributed by atoms with Crippen molar-refractivity contribution in [2.75, 3.05) is 25.1 Å². The molecule has 5 nitrogen and oxygen atoms in total. The van der Waals surface area contributed by atoms with Gasteiger partial charge in [-0.15, -0.1) is 0 Å². The molecule has 1 aromatic heterocycles. The maximum atomic E-state index is 8.86. The number of hydrogen-bond donors (Lipinski definition) is 1. The molecule has 5 heteroatoms. The first-order chi connectivity index (χ1) is 7.79. The van der Waals surface area contributed by atoms with Crippen molar-refractivity contribution in [1.29, 1.82) is 0 Å². The molecular weight excluding hydrogens is 206 g/mol. The molecule has 1 fully saturated rings. The summed E-state index contributed by atoms with van der Waals surface area (Å²) in [6.07, 6.45) is 5.85. The van der Waals surface area contributed by atoms with Crippen LogP contribution < -0.4 is 4.90 Å². The van der Waals surface area contributed by atoms with Crippen molar-refractivity contribution >= 4 is 5.82 Å². The van der Waals surface area contributed by atoms with Gasteiger partial charge >= 0.3 is 0 Å². The quantitative estimate of drug-likeness (QED) is 0.809. The summed E-state index contributed by atoms with van der Waals surface area (Å²) in [5.74, 6) is 0.813. The van der Waals surface area contributed by atoms with E-state index in [9.17, 15) is 0 Å². The molecule has 0 spiro atoms. The Hall–Kier alpha value is -1.20. The summed E-state index contributed by atoms with van der Waals surface area (Å²) in [7, 11) is 1.98. The number of ether oxygens (including phenoxy) is 1. The van der Waals surface area contributed by atoms with Gasteiger partial charge in [0, 0.05) is 20.2 Å². The first kappa shape index (κ1) is 11.3. The zero-order valence-corrected chi connectivity index (χ0v) is 9.46. The second-order valence-corrected chi connectivity index (χ2v) is 4.04. The van der Waals surface area contributed by atoms with Gasteiger partial charge in [-0.2, -0.15) is 0 Å². The Balaban J connectivity index is 1.94. The molecule has 1 aliphatic heterocycles. The molecule has 0 saturated carbocycles. The number of nitrogens with zero attached hydrogens (tertiary/aromatic N) is 3. The van der Waals surface area contributed by atoms with Crippen LogP contribution in [0.25, 0.3) is 0 Å². The molecule has 0 radical (unpaired) electrons. The van der Waals surface area contributed by atoms with Crippen LogP contribution in [0.2, 0.25) is 0 Å². The van der Waals surface area contributed by atoms with E-state index in [0.29, 0.717) is 11.8 Å². The van der Waals surface area contributed by atoms with Crippen LogP contribution in [0.4, 0.5) is 5.82 Å². The highest BCUT2D eigenvalue weighted by Crippen LogP contribution is 2.15. The van der Waals surface area contributed by atoms with E-state index < -0.39 is 0 Å². The van der Waals surface area contributed by atoms with Crippen LogP contribution in [0, 0.1) is 0 Å². The standard InChI is InChI=1S/C11H17N3O2/c1-14(7-10-3-2-4-16-10)11-6-12-9(8-15)5-13-11/h5-6,10,15H,2-4,7-8H2,1H3. The van der Waals surface area contributed by atoms with Crippen molar-refractivity contribution in [3.05, 3.63) is 18.1 Å². The van der Waals surface area contributed by atoms with Crippen LogP contribution in [-0.2, 0) is 11.3 Å². The number of likely N-dealkylation sites (N-methyl/N-ethyl adjacent to an activating group) is 1. The van der Waals surface area contributed by atoms with Crippen molar-refractivity contribution in [2.45, 2.75) is 25.6 Å². The minimum absolute atomic E-state index is 0.0667. The van der Waals surface area contributed by atoms with Crippen LogP contribution in [0.3, 0.4) is 0 Å². The lowest BCUT2D eigenvalue weighted by Crippen LogP contribution is -2.29. The molecule has 1 N–H and O–H groups in total. The molecule has 0 amide bonds. The Kier molecular flexibility index (Phi) is 3.69. The fourth-order valence-corrected chi connectivity index (χ4v) is 1.81.